The van der Waals surface area contributed by atoms with Crippen molar-refractivity contribution < 1.29 is 23.6 Å². The van der Waals surface area contributed by atoms with E-state index in [1.54, 1.807) is 6.07 Å². The molecular formula is C17H22N4O5. The molecule has 26 heavy (non-hydrogen) atoms. The van der Waals surface area contributed by atoms with Gasteiger partial charge in [0.05, 0.1) is 6.26 Å². The van der Waals surface area contributed by atoms with Crippen LogP contribution < -0.4 is 16.1 Å². The van der Waals surface area contributed by atoms with E-state index in [0.29, 0.717) is 23.8 Å². The van der Waals surface area contributed by atoms with Gasteiger partial charge in [-0.05, 0) is 50.7 Å². The highest BCUT2D eigenvalue weighted by Gasteiger charge is 2.53. The van der Waals surface area contributed by atoms with Crippen LogP contribution in [0.25, 0.3) is 0 Å². The smallest absolute Gasteiger partial charge is 0.344 e. The van der Waals surface area contributed by atoms with Crippen LogP contribution in [0.5, 0.6) is 0 Å². The van der Waals surface area contributed by atoms with Crippen LogP contribution in [0, 0.1) is 5.92 Å². The Balaban J connectivity index is 1.61. The average Bonchev–Trinajstić information content (AvgIpc) is 3.21. The molecule has 1 aromatic heterocycles. The maximum atomic E-state index is 12.7. The highest BCUT2D eigenvalue weighted by atomic mass is 16.3. The molecule has 2 heterocycles. The second kappa shape index (κ2) is 6.81. The number of carbonyl (C=O) groups excluding carboxylic acids is 4. The van der Waals surface area contributed by atoms with Crippen molar-refractivity contribution in [3.05, 3.63) is 24.2 Å². The molecule has 9 heteroatoms. The van der Waals surface area contributed by atoms with Crippen LogP contribution in [-0.2, 0) is 9.59 Å². The van der Waals surface area contributed by atoms with Crippen molar-refractivity contribution in [1.29, 1.82) is 0 Å². The van der Waals surface area contributed by atoms with Crippen LogP contribution >= 0.6 is 0 Å². The van der Waals surface area contributed by atoms with Crippen LogP contribution in [0.4, 0.5) is 4.79 Å². The molecule has 5 amide bonds. The highest BCUT2D eigenvalue weighted by molar-refractivity contribution is 6.08. The predicted octanol–water partition coefficient (Wildman–Crippen LogP) is 0.930. The van der Waals surface area contributed by atoms with Crippen molar-refractivity contribution >= 4 is 23.8 Å². The fourth-order valence-electron chi connectivity index (χ4n) is 3.26. The zero-order chi connectivity index (χ0) is 18.9. The summed E-state index contributed by atoms with van der Waals surface area (Å²) >= 11 is 0. The van der Waals surface area contributed by atoms with E-state index in [9.17, 15) is 19.2 Å². The minimum Gasteiger partial charge on any atom is -0.459 e. The molecule has 0 unspecified atom stereocenters. The summed E-state index contributed by atoms with van der Waals surface area (Å²) in [6.07, 6.45) is 4.12. The summed E-state index contributed by atoms with van der Waals surface area (Å²) in [6.45, 7) is 3.56. The minimum atomic E-state index is -0.962. The van der Waals surface area contributed by atoms with Gasteiger partial charge in [-0.3, -0.25) is 19.8 Å². The standard InChI is InChI=1S/C17H22N4O5/c1-10-5-7-17(8-6-10)15(24)21(16(25)19-17)20-13(22)11(2)18-14(23)12-4-3-9-26-12/h3-4,9-11H,5-8H2,1-2H3,(H,18,23)(H,19,25)(H,20,22)/t10?,11-,17?/m0/s1. The van der Waals surface area contributed by atoms with Crippen molar-refractivity contribution in [1.82, 2.24) is 21.1 Å². The molecule has 140 valence electrons. The number of nitrogens with one attached hydrogen (secondary N) is 3. The largest absolute Gasteiger partial charge is 0.459 e. The van der Waals surface area contributed by atoms with E-state index >= 15 is 0 Å². The second-order valence-electron chi connectivity index (χ2n) is 6.98. The third kappa shape index (κ3) is 3.29. The fraction of sp³-hybridized carbons (Fsp3) is 0.529. The Labute approximate surface area is 150 Å². The quantitative estimate of drug-likeness (QED) is 0.688. The number of hydrogen-bond donors (Lipinski definition) is 3. The molecule has 2 fully saturated rings. The number of rotatable bonds is 4. The Morgan fingerprint density at radius 3 is 2.65 bits per heavy atom. The van der Waals surface area contributed by atoms with E-state index < -0.39 is 35.3 Å². The van der Waals surface area contributed by atoms with Gasteiger partial charge >= 0.3 is 6.03 Å². The van der Waals surface area contributed by atoms with Gasteiger partial charge in [-0.15, -0.1) is 0 Å². The van der Waals surface area contributed by atoms with Crippen LogP contribution in [-0.4, -0.2) is 40.3 Å². The molecule has 0 radical (unpaired) electrons. The normalized spacial score (nSPS) is 26.5. The van der Waals surface area contributed by atoms with Crippen LogP contribution in [0.3, 0.4) is 0 Å². The number of hydrazine groups is 1. The number of furan rings is 1. The second-order valence-corrected chi connectivity index (χ2v) is 6.98. The summed E-state index contributed by atoms with van der Waals surface area (Å²) in [4.78, 5) is 49.1. The fourth-order valence-corrected chi connectivity index (χ4v) is 3.26. The zero-order valence-electron chi connectivity index (χ0n) is 14.7. The van der Waals surface area contributed by atoms with E-state index in [1.165, 1.54) is 19.3 Å². The van der Waals surface area contributed by atoms with Gasteiger partial charge in [0.25, 0.3) is 17.7 Å². The predicted molar refractivity (Wildman–Crippen MR) is 89.5 cm³/mol. The lowest BCUT2D eigenvalue weighted by atomic mass is 9.77. The monoisotopic (exact) mass is 362 g/mol. The molecule has 3 N–H and O–H groups in total. The molecule has 1 aromatic rings. The Kier molecular flexibility index (Phi) is 4.71. The molecule has 0 aromatic carbocycles. The summed E-state index contributed by atoms with van der Waals surface area (Å²) in [5.74, 6) is -1.12. The van der Waals surface area contributed by atoms with Gasteiger partial charge in [0.1, 0.15) is 11.6 Å². The average molecular weight is 362 g/mol. The lowest BCUT2D eigenvalue weighted by molar-refractivity contribution is -0.140. The molecule has 2 aliphatic rings. The molecule has 1 aliphatic carbocycles. The van der Waals surface area contributed by atoms with Gasteiger partial charge in [0.2, 0.25) is 0 Å². The van der Waals surface area contributed by atoms with Gasteiger partial charge in [-0.2, -0.15) is 5.01 Å². The Hall–Kier alpha value is -2.84. The van der Waals surface area contributed by atoms with Gasteiger partial charge in [0.15, 0.2) is 5.76 Å². The van der Waals surface area contributed by atoms with Gasteiger partial charge < -0.3 is 15.1 Å². The summed E-state index contributed by atoms with van der Waals surface area (Å²) in [7, 11) is 0. The summed E-state index contributed by atoms with van der Waals surface area (Å²) < 4.78 is 4.95. The first-order chi connectivity index (χ1) is 12.3. The molecule has 9 nitrogen and oxygen atoms in total. The van der Waals surface area contributed by atoms with Crippen molar-refractivity contribution in [3.8, 4) is 0 Å². The third-order valence-electron chi connectivity index (χ3n) is 5.00. The molecule has 0 bridgehead atoms. The Bertz CT molecular complexity index is 722. The highest BCUT2D eigenvalue weighted by Crippen LogP contribution is 2.35. The van der Waals surface area contributed by atoms with Crippen molar-refractivity contribution in [2.24, 2.45) is 5.92 Å². The third-order valence-corrected chi connectivity index (χ3v) is 5.00. The van der Waals surface area contributed by atoms with Crippen LogP contribution in [0.1, 0.15) is 50.1 Å². The van der Waals surface area contributed by atoms with E-state index in [2.05, 4.69) is 23.0 Å². The first-order valence-corrected chi connectivity index (χ1v) is 8.64. The Morgan fingerprint density at radius 2 is 2.04 bits per heavy atom. The number of nitrogens with zero attached hydrogens (tertiary/aromatic N) is 1. The number of urea groups is 1. The lowest BCUT2D eigenvalue weighted by Crippen LogP contribution is -2.55. The first-order valence-electron chi connectivity index (χ1n) is 8.64. The molecule has 3 rings (SSSR count). The number of amides is 5. The summed E-state index contributed by atoms with van der Waals surface area (Å²) in [6, 6.07) is 1.40. The maximum Gasteiger partial charge on any atom is 0.344 e. The maximum absolute atomic E-state index is 12.7. The molecular weight excluding hydrogens is 340 g/mol. The number of carbonyl (C=O) groups is 4. The number of imide groups is 1. The summed E-state index contributed by atoms with van der Waals surface area (Å²) in [5, 5.41) is 5.88. The molecule has 1 atom stereocenters. The van der Waals surface area contributed by atoms with Crippen molar-refractivity contribution in [3.63, 3.8) is 0 Å². The van der Waals surface area contributed by atoms with Crippen molar-refractivity contribution in [2.45, 2.75) is 51.1 Å². The van der Waals surface area contributed by atoms with E-state index in [4.69, 9.17) is 4.42 Å². The molecule has 1 spiro atoms. The van der Waals surface area contributed by atoms with Crippen LogP contribution in [0.15, 0.2) is 22.8 Å². The topological polar surface area (TPSA) is 121 Å². The summed E-state index contributed by atoms with van der Waals surface area (Å²) in [5.41, 5.74) is 1.37. The van der Waals surface area contributed by atoms with E-state index in [0.717, 1.165) is 12.8 Å². The Morgan fingerprint density at radius 1 is 1.35 bits per heavy atom. The first kappa shape index (κ1) is 18.0. The van der Waals surface area contributed by atoms with E-state index in [-0.39, 0.29) is 5.76 Å². The minimum absolute atomic E-state index is 0.0647. The van der Waals surface area contributed by atoms with Gasteiger partial charge in [-0.25, -0.2) is 4.79 Å². The van der Waals surface area contributed by atoms with Gasteiger partial charge in [-0.1, -0.05) is 6.92 Å². The SMILES string of the molecule is CC1CCC2(CC1)NC(=O)N(NC(=O)[C@H](C)NC(=O)c1ccco1)C2=O. The van der Waals surface area contributed by atoms with Gasteiger partial charge in [0, 0.05) is 0 Å². The van der Waals surface area contributed by atoms with Crippen molar-refractivity contribution in [2.75, 3.05) is 0 Å². The number of hydrogen-bond acceptors (Lipinski definition) is 5. The van der Waals surface area contributed by atoms with Crippen LogP contribution in [0.2, 0.25) is 0 Å². The van der Waals surface area contributed by atoms with E-state index in [1.807, 2.05) is 0 Å². The zero-order valence-corrected chi connectivity index (χ0v) is 14.7. The molecule has 1 saturated heterocycles. The lowest BCUT2D eigenvalue weighted by Gasteiger charge is -2.33. The molecule has 1 saturated carbocycles. The molecule has 1 aliphatic heterocycles.